The zero-order valence-corrected chi connectivity index (χ0v) is 14.3. The van der Waals surface area contributed by atoms with Crippen LogP contribution in [0.25, 0.3) is 11.1 Å². The minimum absolute atomic E-state index is 0.328. The number of hydrogen-bond acceptors (Lipinski definition) is 5. The first-order valence-electron chi connectivity index (χ1n) is 7.07. The van der Waals surface area contributed by atoms with E-state index in [-0.39, 0.29) is 0 Å². The lowest BCUT2D eigenvalue weighted by atomic mass is 10.0. The highest BCUT2D eigenvalue weighted by Gasteiger charge is 2.24. The van der Waals surface area contributed by atoms with Gasteiger partial charge in [0, 0.05) is 10.9 Å². The molecule has 1 aromatic heterocycles. The number of carbonyl (C=O) groups excluding carboxylic acids is 2. The highest BCUT2D eigenvalue weighted by Crippen LogP contribution is 2.36. The van der Waals surface area contributed by atoms with Crippen LogP contribution in [0.1, 0.15) is 31.1 Å². The molecule has 5 nitrogen and oxygen atoms in total. The molecule has 2 aromatic rings. The second-order valence-corrected chi connectivity index (χ2v) is 6.72. The molecule has 0 saturated carbocycles. The number of rotatable bonds is 3. The summed E-state index contributed by atoms with van der Waals surface area (Å²) >= 11 is 1.26. The van der Waals surface area contributed by atoms with Crippen molar-refractivity contribution in [2.24, 2.45) is 0 Å². The van der Waals surface area contributed by atoms with E-state index in [1.165, 1.54) is 18.4 Å². The summed E-state index contributed by atoms with van der Waals surface area (Å²) in [6.07, 6.45) is -0.607. The lowest BCUT2D eigenvalue weighted by Gasteiger charge is -2.19. The van der Waals surface area contributed by atoms with E-state index in [1.807, 2.05) is 35.7 Å². The van der Waals surface area contributed by atoms with Gasteiger partial charge < -0.3 is 9.47 Å². The highest BCUT2D eigenvalue weighted by atomic mass is 32.1. The fourth-order valence-corrected chi connectivity index (χ4v) is 2.92. The number of thiophene rings is 1. The van der Waals surface area contributed by atoms with Crippen LogP contribution in [0, 0.1) is 0 Å². The van der Waals surface area contributed by atoms with Gasteiger partial charge in [-0.3, -0.25) is 5.32 Å². The Bertz CT molecular complexity index is 701. The average Bonchev–Trinajstić information content (AvgIpc) is 2.88. The number of benzene rings is 1. The Hall–Kier alpha value is -2.34. The first-order valence-corrected chi connectivity index (χ1v) is 7.95. The van der Waals surface area contributed by atoms with Crippen LogP contribution >= 0.6 is 11.3 Å². The van der Waals surface area contributed by atoms with Crippen molar-refractivity contribution in [2.45, 2.75) is 26.4 Å². The third-order valence-electron chi connectivity index (χ3n) is 2.88. The number of anilines is 1. The fourth-order valence-electron chi connectivity index (χ4n) is 1.98. The van der Waals surface area contributed by atoms with Gasteiger partial charge in [-0.2, -0.15) is 0 Å². The number of amides is 1. The molecule has 1 N–H and O–H groups in total. The molecule has 6 heteroatoms. The van der Waals surface area contributed by atoms with E-state index < -0.39 is 17.7 Å². The maximum absolute atomic E-state index is 12.1. The van der Waals surface area contributed by atoms with Crippen molar-refractivity contribution in [1.82, 2.24) is 0 Å². The first-order chi connectivity index (χ1) is 10.8. The molecule has 0 aliphatic heterocycles. The number of nitrogens with one attached hydrogen (secondary N) is 1. The number of carbonyl (C=O) groups is 2. The Kier molecular flexibility index (Phi) is 5.05. The van der Waals surface area contributed by atoms with Gasteiger partial charge in [-0.1, -0.05) is 30.3 Å². The minimum Gasteiger partial charge on any atom is -0.465 e. The number of methoxy groups -OCH3 is 1. The van der Waals surface area contributed by atoms with Crippen molar-refractivity contribution in [1.29, 1.82) is 0 Å². The van der Waals surface area contributed by atoms with Crippen molar-refractivity contribution in [2.75, 3.05) is 12.4 Å². The molecule has 0 bridgehead atoms. The lowest BCUT2D eigenvalue weighted by Crippen LogP contribution is -2.27. The van der Waals surface area contributed by atoms with Gasteiger partial charge in [0.25, 0.3) is 0 Å². The average molecular weight is 333 g/mol. The van der Waals surface area contributed by atoms with Crippen molar-refractivity contribution in [3.63, 3.8) is 0 Å². The molecule has 0 fully saturated rings. The van der Waals surface area contributed by atoms with Gasteiger partial charge in [0.05, 0.1) is 7.11 Å². The van der Waals surface area contributed by atoms with Crippen LogP contribution in [0.2, 0.25) is 0 Å². The SMILES string of the molecule is COC(=O)c1c(-c2ccccc2)csc1NC(=O)OC(C)(C)C. The molecule has 1 heterocycles. The Morgan fingerprint density at radius 1 is 1.13 bits per heavy atom. The monoisotopic (exact) mass is 333 g/mol. The Labute approximate surface area is 139 Å². The molecule has 0 saturated heterocycles. The van der Waals surface area contributed by atoms with Crippen molar-refractivity contribution in [3.8, 4) is 11.1 Å². The summed E-state index contributed by atoms with van der Waals surface area (Å²) in [7, 11) is 1.31. The quantitative estimate of drug-likeness (QED) is 0.837. The molecule has 0 aliphatic rings. The summed E-state index contributed by atoms with van der Waals surface area (Å²) in [6, 6.07) is 9.45. The van der Waals surface area contributed by atoms with Crippen molar-refractivity contribution >= 4 is 28.4 Å². The van der Waals surface area contributed by atoms with Crippen LogP contribution in [0.5, 0.6) is 0 Å². The van der Waals surface area contributed by atoms with Crippen LogP contribution in [-0.2, 0) is 9.47 Å². The molecule has 0 spiro atoms. The Morgan fingerprint density at radius 3 is 2.35 bits per heavy atom. The van der Waals surface area contributed by atoms with Gasteiger partial charge in [-0.25, -0.2) is 9.59 Å². The van der Waals surface area contributed by atoms with Crippen molar-refractivity contribution < 1.29 is 19.1 Å². The molecule has 0 unspecified atom stereocenters. The normalized spacial score (nSPS) is 11.0. The summed E-state index contributed by atoms with van der Waals surface area (Å²) in [4.78, 5) is 24.1. The zero-order valence-electron chi connectivity index (χ0n) is 13.5. The third-order valence-corrected chi connectivity index (χ3v) is 3.78. The number of ether oxygens (including phenoxy) is 2. The van der Waals surface area contributed by atoms with Crippen LogP contribution < -0.4 is 5.32 Å². The molecule has 23 heavy (non-hydrogen) atoms. The number of esters is 1. The van der Waals surface area contributed by atoms with Gasteiger partial charge in [0.2, 0.25) is 0 Å². The topological polar surface area (TPSA) is 64.6 Å². The summed E-state index contributed by atoms with van der Waals surface area (Å²) in [5.74, 6) is -0.504. The summed E-state index contributed by atoms with van der Waals surface area (Å²) in [5.41, 5.74) is 1.30. The van der Waals surface area contributed by atoms with Crippen LogP contribution in [0.3, 0.4) is 0 Å². The predicted molar refractivity (Wildman–Crippen MR) is 91.0 cm³/mol. The molecular formula is C17H19NO4S. The summed E-state index contributed by atoms with van der Waals surface area (Å²) < 4.78 is 10.1. The smallest absolute Gasteiger partial charge is 0.412 e. The molecule has 0 aliphatic carbocycles. The van der Waals surface area contributed by atoms with E-state index in [0.717, 1.165) is 5.56 Å². The molecular weight excluding hydrogens is 314 g/mol. The molecule has 122 valence electrons. The standard InChI is InChI=1S/C17H19NO4S/c1-17(2,3)22-16(20)18-14-13(15(19)21-4)12(10-23-14)11-8-6-5-7-9-11/h5-10H,1-4H3,(H,18,20). The fraction of sp³-hybridized carbons (Fsp3) is 0.294. The second-order valence-electron chi connectivity index (χ2n) is 5.84. The Balaban J connectivity index is 2.36. The van der Waals surface area contributed by atoms with E-state index in [4.69, 9.17) is 9.47 Å². The van der Waals surface area contributed by atoms with E-state index in [2.05, 4.69) is 5.32 Å². The van der Waals surface area contributed by atoms with Gasteiger partial charge in [-0.05, 0) is 26.3 Å². The molecule has 0 radical (unpaired) electrons. The molecule has 1 amide bonds. The van der Waals surface area contributed by atoms with Crippen LogP contribution in [0.4, 0.5) is 9.80 Å². The lowest BCUT2D eigenvalue weighted by molar-refractivity contribution is 0.0603. The van der Waals surface area contributed by atoms with Gasteiger partial charge >= 0.3 is 12.1 Å². The third kappa shape index (κ3) is 4.32. The molecule has 0 atom stereocenters. The Morgan fingerprint density at radius 2 is 1.78 bits per heavy atom. The van der Waals surface area contributed by atoms with Crippen LogP contribution in [0.15, 0.2) is 35.7 Å². The van der Waals surface area contributed by atoms with Gasteiger partial charge in [0.15, 0.2) is 0 Å². The molecule has 1 aromatic carbocycles. The highest BCUT2D eigenvalue weighted by molar-refractivity contribution is 7.15. The van der Waals surface area contributed by atoms with E-state index >= 15 is 0 Å². The second kappa shape index (κ2) is 6.83. The van der Waals surface area contributed by atoms with Gasteiger partial charge in [-0.15, -0.1) is 11.3 Å². The largest absolute Gasteiger partial charge is 0.465 e. The van der Waals surface area contributed by atoms with Gasteiger partial charge in [0.1, 0.15) is 16.2 Å². The summed E-state index contributed by atoms with van der Waals surface area (Å²) in [6.45, 7) is 5.33. The minimum atomic E-state index is -0.616. The maximum atomic E-state index is 12.1. The van der Waals surface area contributed by atoms with E-state index in [1.54, 1.807) is 20.8 Å². The van der Waals surface area contributed by atoms with E-state index in [9.17, 15) is 9.59 Å². The molecule has 2 rings (SSSR count). The number of hydrogen-bond donors (Lipinski definition) is 1. The summed E-state index contributed by atoms with van der Waals surface area (Å²) in [5, 5.41) is 4.85. The van der Waals surface area contributed by atoms with Crippen LogP contribution in [-0.4, -0.2) is 24.8 Å². The van der Waals surface area contributed by atoms with Crippen molar-refractivity contribution in [3.05, 3.63) is 41.3 Å². The first kappa shape index (κ1) is 17.0. The predicted octanol–water partition coefficient (Wildman–Crippen LogP) is 4.55. The zero-order chi connectivity index (χ0) is 17.0. The van der Waals surface area contributed by atoms with E-state index in [0.29, 0.717) is 16.1 Å². The maximum Gasteiger partial charge on any atom is 0.412 e.